The number of carbonyl (C=O) groups is 1. The van der Waals surface area contributed by atoms with Crippen molar-refractivity contribution in [1.29, 1.82) is 0 Å². The van der Waals surface area contributed by atoms with Crippen molar-refractivity contribution in [3.63, 3.8) is 0 Å². The predicted octanol–water partition coefficient (Wildman–Crippen LogP) is 1.07. The third kappa shape index (κ3) is 3.80. The van der Waals surface area contributed by atoms with E-state index >= 15 is 0 Å². The summed E-state index contributed by atoms with van der Waals surface area (Å²) in [4.78, 5) is 25.9. The molecule has 10 heteroatoms. The van der Waals surface area contributed by atoms with Gasteiger partial charge in [-0.05, 0) is 5.56 Å². The Morgan fingerprint density at radius 2 is 2.04 bits per heavy atom. The molecule has 3 rings (SSSR count). The standard InChI is InChI=1S/C14H13N7O3/c22-13(9-19-8-12(6-16-19)21(23)24)17-14-15-10-20(18-14)7-11-4-2-1-3-5-11/h1-6,8,10H,7,9H2,(H,17,18,22). The average Bonchev–Trinajstić information content (AvgIpc) is 3.18. The van der Waals surface area contributed by atoms with Gasteiger partial charge in [0.1, 0.15) is 25.3 Å². The molecule has 24 heavy (non-hydrogen) atoms. The Hall–Kier alpha value is -3.56. The van der Waals surface area contributed by atoms with Crippen LogP contribution in [0.15, 0.2) is 49.1 Å². The van der Waals surface area contributed by atoms with E-state index in [4.69, 9.17) is 0 Å². The van der Waals surface area contributed by atoms with Crippen molar-refractivity contribution in [2.45, 2.75) is 13.1 Å². The first kappa shape index (κ1) is 15.3. The fourth-order valence-corrected chi connectivity index (χ4v) is 2.04. The minimum Gasteiger partial charge on any atom is -0.292 e. The summed E-state index contributed by atoms with van der Waals surface area (Å²) in [6, 6.07) is 9.71. The van der Waals surface area contributed by atoms with Crippen LogP contribution in [0.3, 0.4) is 0 Å². The van der Waals surface area contributed by atoms with Gasteiger partial charge >= 0.3 is 5.69 Å². The first-order valence-corrected chi connectivity index (χ1v) is 7.00. The van der Waals surface area contributed by atoms with Gasteiger partial charge in [-0.15, -0.1) is 5.10 Å². The zero-order valence-electron chi connectivity index (χ0n) is 12.4. The van der Waals surface area contributed by atoms with E-state index in [-0.39, 0.29) is 18.2 Å². The molecular weight excluding hydrogens is 314 g/mol. The Balaban J connectivity index is 1.57. The normalized spacial score (nSPS) is 10.5. The predicted molar refractivity (Wildman–Crippen MR) is 83.1 cm³/mol. The number of hydrogen-bond donors (Lipinski definition) is 1. The molecule has 1 amide bonds. The van der Waals surface area contributed by atoms with Crippen LogP contribution in [-0.2, 0) is 17.9 Å². The lowest BCUT2D eigenvalue weighted by molar-refractivity contribution is -0.385. The van der Waals surface area contributed by atoms with E-state index in [2.05, 4.69) is 20.5 Å². The molecule has 0 saturated carbocycles. The molecule has 0 aliphatic heterocycles. The van der Waals surface area contributed by atoms with Gasteiger partial charge in [0.25, 0.3) is 0 Å². The smallest absolute Gasteiger partial charge is 0.292 e. The van der Waals surface area contributed by atoms with Gasteiger partial charge in [-0.25, -0.2) is 9.67 Å². The van der Waals surface area contributed by atoms with E-state index in [9.17, 15) is 14.9 Å². The maximum absolute atomic E-state index is 11.9. The SMILES string of the molecule is O=C(Cn1cc([N+](=O)[O-])cn1)Nc1ncn(Cc2ccccc2)n1. The molecule has 2 heterocycles. The average molecular weight is 327 g/mol. The fourth-order valence-electron chi connectivity index (χ4n) is 2.04. The highest BCUT2D eigenvalue weighted by atomic mass is 16.6. The van der Waals surface area contributed by atoms with E-state index in [1.807, 2.05) is 30.3 Å². The van der Waals surface area contributed by atoms with Gasteiger partial charge in [-0.3, -0.25) is 24.9 Å². The van der Waals surface area contributed by atoms with Crippen LogP contribution >= 0.6 is 0 Å². The van der Waals surface area contributed by atoms with Gasteiger partial charge in [0.15, 0.2) is 0 Å². The maximum atomic E-state index is 11.9. The molecule has 0 atom stereocenters. The van der Waals surface area contributed by atoms with Crippen LogP contribution in [0.5, 0.6) is 0 Å². The highest BCUT2D eigenvalue weighted by molar-refractivity contribution is 5.88. The maximum Gasteiger partial charge on any atom is 0.307 e. The van der Waals surface area contributed by atoms with Crippen molar-refractivity contribution >= 4 is 17.5 Å². The van der Waals surface area contributed by atoms with Crippen LogP contribution in [0, 0.1) is 10.1 Å². The van der Waals surface area contributed by atoms with E-state index in [1.54, 1.807) is 4.68 Å². The monoisotopic (exact) mass is 327 g/mol. The topological polar surface area (TPSA) is 121 Å². The van der Waals surface area contributed by atoms with Crippen LogP contribution in [0.4, 0.5) is 11.6 Å². The Kier molecular flexibility index (Phi) is 4.27. The zero-order chi connectivity index (χ0) is 16.9. The lowest BCUT2D eigenvalue weighted by atomic mass is 10.2. The number of aromatic nitrogens is 5. The Bertz CT molecular complexity index is 856. The lowest BCUT2D eigenvalue weighted by Crippen LogP contribution is -2.20. The third-order valence-corrected chi connectivity index (χ3v) is 3.11. The van der Waals surface area contributed by atoms with Gasteiger partial charge < -0.3 is 0 Å². The molecule has 1 aromatic carbocycles. The number of benzene rings is 1. The Labute approximate surface area is 135 Å². The van der Waals surface area contributed by atoms with E-state index < -0.39 is 10.8 Å². The Morgan fingerprint density at radius 3 is 2.75 bits per heavy atom. The molecule has 2 aromatic heterocycles. The molecule has 0 saturated heterocycles. The summed E-state index contributed by atoms with van der Waals surface area (Å²) in [5, 5.41) is 21.0. The van der Waals surface area contributed by atoms with Gasteiger partial charge in [-0.2, -0.15) is 5.10 Å². The fraction of sp³-hybridized carbons (Fsp3) is 0.143. The van der Waals surface area contributed by atoms with Crippen molar-refractivity contribution in [2.75, 3.05) is 5.32 Å². The molecule has 0 radical (unpaired) electrons. The van der Waals surface area contributed by atoms with E-state index in [1.165, 1.54) is 17.2 Å². The van der Waals surface area contributed by atoms with Crippen LogP contribution in [0.25, 0.3) is 0 Å². The quantitative estimate of drug-likeness (QED) is 0.534. The summed E-state index contributed by atoms with van der Waals surface area (Å²) in [5.41, 5.74) is 0.886. The molecule has 0 fully saturated rings. The number of amides is 1. The first-order chi connectivity index (χ1) is 11.6. The summed E-state index contributed by atoms with van der Waals surface area (Å²) in [6.07, 6.45) is 3.78. The molecule has 0 unspecified atom stereocenters. The van der Waals surface area contributed by atoms with Gasteiger partial charge in [-0.1, -0.05) is 30.3 Å². The van der Waals surface area contributed by atoms with Crippen LogP contribution in [0.1, 0.15) is 5.56 Å². The second-order valence-electron chi connectivity index (χ2n) is 4.95. The molecule has 0 spiro atoms. The summed E-state index contributed by atoms with van der Waals surface area (Å²) in [6.45, 7) is 0.371. The number of nitrogens with zero attached hydrogens (tertiary/aromatic N) is 6. The molecule has 0 aliphatic carbocycles. The highest BCUT2D eigenvalue weighted by Crippen LogP contribution is 2.08. The highest BCUT2D eigenvalue weighted by Gasteiger charge is 2.12. The van der Waals surface area contributed by atoms with Crippen molar-refractivity contribution < 1.29 is 9.72 Å². The summed E-state index contributed by atoms with van der Waals surface area (Å²) in [5.74, 6) is -0.261. The lowest BCUT2D eigenvalue weighted by Gasteiger charge is -2.01. The first-order valence-electron chi connectivity index (χ1n) is 7.00. The molecular formula is C14H13N7O3. The summed E-state index contributed by atoms with van der Waals surface area (Å²) >= 11 is 0. The summed E-state index contributed by atoms with van der Waals surface area (Å²) < 4.78 is 2.78. The van der Waals surface area contributed by atoms with Crippen molar-refractivity contribution in [2.24, 2.45) is 0 Å². The van der Waals surface area contributed by atoms with Crippen LogP contribution in [0.2, 0.25) is 0 Å². The van der Waals surface area contributed by atoms with E-state index in [0.29, 0.717) is 6.54 Å². The Morgan fingerprint density at radius 1 is 1.25 bits per heavy atom. The van der Waals surface area contributed by atoms with Crippen LogP contribution in [-0.4, -0.2) is 35.4 Å². The minimum absolute atomic E-state index is 0.164. The van der Waals surface area contributed by atoms with Crippen molar-refractivity contribution in [3.8, 4) is 0 Å². The minimum atomic E-state index is -0.575. The van der Waals surface area contributed by atoms with Gasteiger partial charge in [0.2, 0.25) is 11.9 Å². The van der Waals surface area contributed by atoms with Gasteiger partial charge in [0, 0.05) is 0 Å². The zero-order valence-corrected chi connectivity index (χ0v) is 12.4. The molecule has 10 nitrogen and oxygen atoms in total. The number of hydrogen-bond acceptors (Lipinski definition) is 6. The van der Waals surface area contributed by atoms with Crippen molar-refractivity contribution in [3.05, 3.63) is 64.7 Å². The third-order valence-electron chi connectivity index (χ3n) is 3.11. The van der Waals surface area contributed by atoms with Crippen molar-refractivity contribution in [1.82, 2.24) is 24.5 Å². The number of nitro groups is 1. The number of anilines is 1. The second kappa shape index (κ2) is 6.69. The molecule has 0 bridgehead atoms. The van der Waals surface area contributed by atoms with Gasteiger partial charge in [0.05, 0.1) is 11.5 Å². The second-order valence-corrected chi connectivity index (χ2v) is 4.95. The largest absolute Gasteiger partial charge is 0.307 e. The number of carbonyl (C=O) groups excluding carboxylic acids is 1. The molecule has 0 aliphatic rings. The molecule has 3 aromatic rings. The molecule has 122 valence electrons. The van der Waals surface area contributed by atoms with E-state index in [0.717, 1.165) is 11.8 Å². The number of nitrogens with one attached hydrogen (secondary N) is 1. The molecule has 1 N–H and O–H groups in total. The van der Waals surface area contributed by atoms with Crippen LogP contribution < -0.4 is 5.32 Å². The summed E-state index contributed by atoms with van der Waals surface area (Å²) in [7, 11) is 0. The number of rotatable bonds is 6.